The lowest BCUT2D eigenvalue weighted by Gasteiger charge is -2.05. The number of hydrogen-bond donors (Lipinski definition) is 0. The summed E-state index contributed by atoms with van der Waals surface area (Å²) in [6.45, 7) is 11.1. The van der Waals surface area contributed by atoms with Crippen LogP contribution in [0.3, 0.4) is 0 Å². The van der Waals surface area contributed by atoms with Gasteiger partial charge < -0.3 is 0 Å². The monoisotopic (exact) mass is 286 g/mol. The van der Waals surface area contributed by atoms with Gasteiger partial charge in [-0.1, -0.05) is 43.2 Å². The molecule has 1 saturated carbocycles. The Kier molecular flexibility index (Phi) is 4.91. The van der Waals surface area contributed by atoms with E-state index in [1.54, 1.807) is 0 Å². The largest absolute Gasteiger partial charge is 0.294 e. The van der Waals surface area contributed by atoms with Crippen LogP contribution in [0, 0.1) is 17.3 Å². The van der Waals surface area contributed by atoms with Gasteiger partial charge in [0.15, 0.2) is 5.78 Å². The van der Waals surface area contributed by atoms with Crippen molar-refractivity contribution in [2.75, 3.05) is 0 Å². The summed E-state index contributed by atoms with van der Waals surface area (Å²) in [7, 11) is 0. The van der Waals surface area contributed by atoms with Crippen LogP contribution in [0.5, 0.6) is 0 Å². The second kappa shape index (κ2) is 6.34. The Hall–Kier alpha value is -1.11. The molecule has 2 aliphatic carbocycles. The lowest BCUT2D eigenvalue weighted by molar-refractivity contribution is -0.114. The zero-order chi connectivity index (χ0) is 15.6. The molecule has 2 unspecified atom stereocenters. The summed E-state index contributed by atoms with van der Waals surface area (Å²) in [6.07, 6.45) is 12.0. The number of carbonyl (C=O) groups excluding carboxylic acids is 1. The highest BCUT2D eigenvalue weighted by atomic mass is 16.1. The Bertz CT molecular complexity index is 502. The molecule has 2 atom stereocenters. The summed E-state index contributed by atoms with van der Waals surface area (Å²) in [5.41, 5.74) is 4.19. The van der Waals surface area contributed by atoms with E-state index in [9.17, 15) is 4.79 Å². The third-order valence-corrected chi connectivity index (χ3v) is 5.53. The maximum atomic E-state index is 12.2. The fourth-order valence-corrected chi connectivity index (χ4v) is 3.59. The van der Waals surface area contributed by atoms with Crippen LogP contribution in [0.1, 0.15) is 66.7 Å². The van der Waals surface area contributed by atoms with Crippen LogP contribution in [-0.2, 0) is 4.79 Å². The van der Waals surface area contributed by atoms with Crippen LogP contribution in [0.15, 0.2) is 34.9 Å². The molecule has 0 saturated heterocycles. The normalized spacial score (nSPS) is 38.0. The fourth-order valence-electron chi connectivity index (χ4n) is 3.59. The van der Waals surface area contributed by atoms with Gasteiger partial charge in [0.25, 0.3) is 0 Å². The Balaban J connectivity index is 2.18. The first-order valence-corrected chi connectivity index (χ1v) is 8.35. The third kappa shape index (κ3) is 3.96. The first-order chi connectivity index (χ1) is 9.82. The first kappa shape index (κ1) is 16.3. The van der Waals surface area contributed by atoms with Crippen molar-refractivity contribution in [3.05, 3.63) is 34.9 Å². The topological polar surface area (TPSA) is 17.1 Å². The van der Waals surface area contributed by atoms with Gasteiger partial charge in [-0.2, -0.15) is 0 Å². The average Bonchev–Trinajstić information content (AvgIpc) is 2.93. The Labute approximate surface area is 130 Å². The molecule has 21 heavy (non-hydrogen) atoms. The van der Waals surface area contributed by atoms with Crippen LogP contribution in [0.4, 0.5) is 0 Å². The van der Waals surface area contributed by atoms with Gasteiger partial charge in [0.2, 0.25) is 0 Å². The van der Waals surface area contributed by atoms with Gasteiger partial charge >= 0.3 is 0 Å². The molecule has 0 aromatic carbocycles. The minimum Gasteiger partial charge on any atom is -0.294 e. The van der Waals surface area contributed by atoms with Crippen molar-refractivity contribution in [3.63, 3.8) is 0 Å². The summed E-state index contributed by atoms with van der Waals surface area (Å²) in [5, 5.41) is 0. The van der Waals surface area contributed by atoms with Crippen LogP contribution in [-0.4, -0.2) is 5.78 Å². The molecule has 1 fully saturated rings. The summed E-state index contributed by atoms with van der Waals surface area (Å²) >= 11 is 0. The molecule has 0 spiro atoms. The van der Waals surface area contributed by atoms with Crippen LogP contribution in [0.25, 0.3) is 0 Å². The smallest absolute Gasteiger partial charge is 0.162 e. The van der Waals surface area contributed by atoms with Gasteiger partial charge in [-0.3, -0.25) is 4.79 Å². The summed E-state index contributed by atoms with van der Waals surface area (Å²) < 4.78 is 0. The van der Waals surface area contributed by atoms with Crippen molar-refractivity contribution >= 4 is 5.78 Å². The molecule has 0 radical (unpaired) electrons. The quantitative estimate of drug-likeness (QED) is 0.527. The summed E-state index contributed by atoms with van der Waals surface area (Å²) in [6, 6.07) is 0. The average molecular weight is 286 g/mol. The molecule has 1 heteroatoms. The highest BCUT2D eigenvalue weighted by molar-refractivity contribution is 5.95. The number of Topliss-reactive ketones (excluding diaryl/α,β-unsaturated/α-hetero) is 1. The lowest BCUT2D eigenvalue weighted by Crippen LogP contribution is -1.99. The zero-order valence-electron chi connectivity index (χ0n) is 14.3. The standard InChI is InChI=1S/C20H30O/c1-14-7-6-8-15(2)10-12-19(21)16(3)13-18-17(11-9-14)20(18,4)5/h7,10,13,17-18H,6,8-9,11-12H2,1-5H3/b14-7+,15-10+,16-13+. The Morgan fingerprint density at radius 3 is 2.43 bits per heavy atom. The van der Waals surface area contributed by atoms with Gasteiger partial charge in [0.1, 0.15) is 0 Å². The minimum atomic E-state index is 0.291. The van der Waals surface area contributed by atoms with E-state index in [1.165, 1.54) is 24.0 Å². The Morgan fingerprint density at radius 2 is 1.71 bits per heavy atom. The maximum absolute atomic E-state index is 12.2. The van der Waals surface area contributed by atoms with E-state index in [2.05, 4.69) is 45.9 Å². The molecule has 0 N–H and O–H groups in total. The zero-order valence-corrected chi connectivity index (χ0v) is 14.3. The van der Waals surface area contributed by atoms with E-state index < -0.39 is 0 Å². The lowest BCUT2D eigenvalue weighted by atomic mass is 10.0. The van der Waals surface area contributed by atoms with Crippen LogP contribution >= 0.6 is 0 Å². The molecule has 2 aliphatic rings. The van der Waals surface area contributed by atoms with Crippen molar-refractivity contribution in [1.29, 1.82) is 0 Å². The van der Waals surface area contributed by atoms with E-state index in [-0.39, 0.29) is 0 Å². The van der Waals surface area contributed by atoms with Crippen LogP contribution in [0.2, 0.25) is 0 Å². The second-order valence-corrected chi connectivity index (χ2v) is 7.61. The highest BCUT2D eigenvalue weighted by Crippen LogP contribution is 2.61. The van der Waals surface area contributed by atoms with Gasteiger partial charge in [-0.25, -0.2) is 0 Å². The predicted octanol–water partition coefficient (Wildman–Crippen LogP) is 5.63. The van der Waals surface area contributed by atoms with E-state index in [0.29, 0.717) is 23.5 Å². The first-order valence-electron chi connectivity index (χ1n) is 8.35. The molecule has 1 nitrogen and oxygen atoms in total. The van der Waals surface area contributed by atoms with Crippen molar-refractivity contribution in [1.82, 2.24) is 0 Å². The van der Waals surface area contributed by atoms with Crippen molar-refractivity contribution < 1.29 is 4.79 Å². The van der Waals surface area contributed by atoms with Gasteiger partial charge in [0.05, 0.1) is 0 Å². The molecule has 2 rings (SSSR count). The van der Waals surface area contributed by atoms with Gasteiger partial charge in [0, 0.05) is 6.42 Å². The van der Waals surface area contributed by atoms with Crippen LogP contribution < -0.4 is 0 Å². The van der Waals surface area contributed by atoms with E-state index in [4.69, 9.17) is 0 Å². The van der Waals surface area contributed by atoms with E-state index in [0.717, 1.165) is 24.3 Å². The number of fused-ring (bicyclic) bond motifs is 1. The SMILES string of the molecule is C/C1=C\CC(=O)/C(C)=C/C2C(CC/C(C)=C/CC1)C2(C)C. The Morgan fingerprint density at radius 1 is 1.05 bits per heavy atom. The number of hydrogen-bond acceptors (Lipinski definition) is 1. The molecule has 0 aromatic heterocycles. The van der Waals surface area contributed by atoms with E-state index >= 15 is 0 Å². The highest BCUT2D eigenvalue weighted by Gasteiger charge is 2.55. The van der Waals surface area contributed by atoms with Gasteiger partial charge in [-0.15, -0.1) is 0 Å². The molecule has 0 aromatic rings. The fraction of sp³-hybridized carbons (Fsp3) is 0.650. The molecule has 0 aliphatic heterocycles. The predicted molar refractivity (Wildman–Crippen MR) is 90.1 cm³/mol. The second-order valence-electron chi connectivity index (χ2n) is 7.61. The third-order valence-electron chi connectivity index (χ3n) is 5.53. The molecule has 0 amide bonds. The van der Waals surface area contributed by atoms with Crippen molar-refractivity contribution in [2.24, 2.45) is 17.3 Å². The molecular formula is C20H30O. The van der Waals surface area contributed by atoms with Crippen molar-refractivity contribution in [2.45, 2.75) is 66.7 Å². The molecule has 116 valence electrons. The summed E-state index contributed by atoms with van der Waals surface area (Å²) in [5.74, 6) is 1.62. The number of allylic oxidation sites excluding steroid dienone is 6. The minimum absolute atomic E-state index is 0.291. The number of carbonyl (C=O) groups is 1. The molecular weight excluding hydrogens is 256 g/mol. The molecule has 0 bridgehead atoms. The summed E-state index contributed by atoms with van der Waals surface area (Å²) in [4.78, 5) is 12.2. The van der Waals surface area contributed by atoms with Gasteiger partial charge in [-0.05, 0) is 69.3 Å². The van der Waals surface area contributed by atoms with Crippen molar-refractivity contribution in [3.8, 4) is 0 Å². The number of rotatable bonds is 0. The van der Waals surface area contributed by atoms with E-state index in [1.807, 2.05) is 6.92 Å². The number of ketones is 1. The maximum Gasteiger partial charge on any atom is 0.162 e. The molecule has 0 heterocycles.